The number of thioether (sulfide) groups is 1. The molecule has 1 amide bonds. The zero-order valence-corrected chi connectivity index (χ0v) is 16.0. The molecule has 1 aromatic rings. The fourth-order valence-corrected chi connectivity index (χ4v) is 4.38. The van der Waals surface area contributed by atoms with E-state index < -0.39 is 6.04 Å². The van der Waals surface area contributed by atoms with E-state index in [9.17, 15) is 9.59 Å². The van der Waals surface area contributed by atoms with E-state index in [4.69, 9.17) is 4.74 Å². The molecule has 0 bridgehead atoms. The molecule has 0 aromatic heterocycles. The number of esters is 1. The Morgan fingerprint density at radius 2 is 2.04 bits per heavy atom. The van der Waals surface area contributed by atoms with Crippen LogP contribution < -0.4 is 0 Å². The van der Waals surface area contributed by atoms with Crippen LogP contribution in [0.25, 0.3) is 6.08 Å². The Labute approximate surface area is 154 Å². The van der Waals surface area contributed by atoms with E-state index in [1.807, 2.05) is 37.3 Å². The Morgan fingerprint density at radius 3 is 2.68 bits per heavy atom. The van der Waals surface area contributed by atoms with E-state index in [1.54, 1.807) is 28.8 Å². The third-order valence-electron chi connectivity index (χ3n) is 3.96. The second-order valence-corrected chi connectivity index (χ2v) is 7.80. The molecule has 1 saturated heterocycles. The zero-order valence-electron chi connectivity index (χ0n) is 15.2. The molecular weight excluding hydrogens is 334 g/mol. The van der Waals surface area contributed by atoms with Crippen LogP contribution in [0.1, 0.15) is 39.2 Å². The standard InChI is InChI=1S/C20H27NO3S/c1-4-12-24-20(23)17-14-25-19(13-15(2)3)21(17)18(22)11-10-16-8-6-5-7-9-16/h5-11,15,17,19H,4,12-14H2,1-3H3/b11-10+. The summed E-state index contributed by atoms with van der Waals surface area (Å²) in [7, 11) is 0. The third-order valence-corrected chi connectivity index (χ3v) is 5.27. The van der Waals surface area contributed by atoms with Crippen LogP contribution in [-0.2, 0) is 14.3 Å². The fourth-order valence-electron chi connectivity index (χ4n) is 2.74. The largest absolute Gasteiger partial charge is 0.464 e. The lowest BCUT2D eigenvalue weighted by atomic mass is 10.1. The number of hydrogen-bond donors (Lipinski definition) is 0. The van der Waals surface area contributed by atoms with Gasteiger partial charge in [-0.15, -0.1) is 11.8 Å². The number of hydrogen-bond acceptors (Lipinski definition) is 4. The predicted molar refractivity (Wildman–Crippen MR) is 103 cm³/mol. The number of carbonyl (C=O) groups is 2. The smallest absolute Gasteiger partial charge is 0.329 e. The van der Waals surface area contributed by atoms with Gasteiger partial charge < -0.3 is 9.64 Å². The molecule has 1 aliphatic rings. The number of amides is 1. The summed E-state index contributed by atoms with van der Waals surface area (Å²) in [5.74, 6) is 0.640. The van der Waals surface area contributed by atoms with E-state index in [1.165, 1.54) is 0 Å². The second-order valence-electron chi connectivity index (χ2n) is 6.59. The lowest BCUT2D eigenvalue weighted by Gasteiger charge is -2.28. The molecule has 2 atom stereocenters. The van der Waals surface area contributed by atoms with E-state index in [2.05, 4.69) is 13.8 Å². The predicted octanol–water partition coefficient (Wildman–Crippen LogP) is 3.97. The summed E-state index contributed by atoms with van der Waals surface area (Å²) in [5, 5.41) is 0.0205. The van der Waals surface area contributed by atoms with Crippen LogP contribution in [0.4, 0.5) is 0 Å². The molecule has 1 heterocycles. The topological polar surface area (TPSA) is 46.6 Å². The van der Waals surface area contributed by atoms with Gasteiger partial charge >= 0.3 is 5.97 Å². The van der Waals surface area contributed by atoms with Gasteiger partial charge in [-0.1, -0.05) is 51.1 Å². The molecule has 5 heteroatoms. The van der Waals surface area contributed by atoms with Crippen molar-refractivity contribution in [1.82, 2.24) is 4.90 Å². The first-order valence-electron chi connectivity index (χ1n) is 8.86. The molecule has 1 aromatic carbocycles. The van der Waals surface area contributed by atoms with Gasteiger partial charge in [-0.2, -0.15) is 0 Å². The summed E-state index contributed by atoms with van der Waals surface area (Å²) in [6.07, 6.45) is 5.01. The first-order chi connectivity index (χ1) is 12.0. The van der Waals surface area contributed by atoms with Crippen LogP contribution in [0.3, 0.4) is 0 Å². The normalized spacial score (nSPS) is 20.4. The molecule has 136 valence electrons. The first kappa shape index (κ1) is 19.6. The van der Waals surface area contributed by atoms with Crippen LogP contribution in [0.5, 0.6) is 0 Å². The highest BCUT2D eigenvalue weighted by Gasteiger charge is 2.41. The molecule has 0 saturated carbocycles. The lowest BCUT2D eigenvalue weighted by Crippen LogP contribution is -2.46. The minimum absolute atomic E-state index is 0.0205. The van der Waals surface area contributed by atoms with Gasteiger partial charge in [0.2, 0.25) is 5.91 Å². The number of carbonyl (C=O) groups excluding carboxylic acids is 2. The van der Waals surface area contributed by atoms with Gasteiger partial charge in [0.25, 0.3) is 0 Å². The van der Waals surface area contributed by atoms with E-state index >= 15 is 0 Å². The average Bonchev–Trinajstić information content (AvgIpc) is 3.01. The van der Waals surface area contributed by atoms with Crippen LogP contribution in [0.2, 0.25) is 0 Å². The molecule has 0 aliphatic carbocycles. The highest BCUT2D eigenvalue weighted by molar-refractivity contribution is 8.00. The summed E-state index contributed by atoms with van der Waals surface area (Å²) in [6, 6.07) is 9.20. The maximum absolute atomic E-state index is 12.8. The molecule has 0 spiro atoms. The number of nitrogens with zero attached hydrogens (tertiary/aromatic N) is 1. The van der Waals surface area contributed by atoms with Gasteiger partial charge in [0.05, 0.1) is 12.0 Å². The number of rotatable bonds is 7. The number of benzene rings is 1. The molecule has 1 fully saturated rings. The van der Waals surface area contributed by atoms with Crippen molar-refractivity contribution in [3.05, 3.63) is 42.0 Å². The molecule has 25 heavy (non-hydrogen) atoms. The first-order valence-corrected chi connectivity index (χ1v) is 9.91. The highest BCUT2D eigenvalue weighted by atomic mass is 32.2. The molecule has 4 nitrogen and oxygen atoms in total. The van der Waals surface area contributed by atoms with Crippen molar-refractivity contribution in [3.63, 3.8) is 0 Å². The fraction of sp³-hybridized carbons (Fsp3) is 0.500. The van der Waals surface area contributed by atoms with Crippen LogP contribution in [0.15, 0.2) is 36.4 Å². The van der Waals surface area contributed by atoms with Gasteiger partial charge in [0.15, 0.2) is 0 Å². The maximum Gasteiger partial charge on any atom is 0.329 e. The monoisotopic (exact) mass is 361 g/mol. The van der Waals surface area contributed by atoms with Crippen LogP contribution >= 0.6 is 11.8 Å². The van der Waals surface area contributed by atoms with E-state index in [-0.39, 0.29) is 17.3 Å². The van der Waals surface area contributed by atoms with Gasteiger partial charge in [0, 0.05) is 11.8 Å². The van der Waals surface area contributed by atoms with Crippen molar-refractivity contribution in [3.8, 4) is 0 Å². The minimum Gasteiger partial charge on any atom is -0.464 e. The molecule has 0 N–H and O–H groups in total. The summed E-state index contributed by atoms with van der Waals surface area (Å²) < 4.78 is 5.30. The third kappa shape index (κ3) is 5.63. The molecular formula is C20H27NO3S. The Kier molecular flexibility index (Phi) is 7.56. The Bertz CT molecular complexity index is 600. The Hall–Kier alpha value is -1.75. The SMILES string of the molecule is CCCOC(=O)C1CSC(CC(C)C)N1C(=O)/C=C/c1ccccc1. The molecule has 0 radical (unpaired) electrons. The highest BCUT2D eigenvalue weighted by Crippen LogP contribution is 2.34. The van der Waals surface area contributed by atoms with Crippen molar-refractivity contribution in [2.45, 2.75) is 45.0 Å². The second kappa shape index (κ2) is 9.66. The Morgan fingerprint density at radius 1 is 1.32 bits per heavy atom. The summed E-state index contributed by atoms with van der Waals surface area (Å²) in [5.41, 5.74) is 0.966. The molecule has 1 aliphatic heterocycles. The minimum atomic E-state index is -0.492. The van der Waals surface area contributed by atoms with Crippen molar-refractivity contribution in [2.24, 2.45) is 5.92 Å². The summed E-state index contributed by atoms with van der Waals surface area (Å²) >= 11 is 1.67. The van der Waals surface area contributed by atoms with Crippen molar-refractivity contribution in [2.75, 3.05) is 12.4 Å². The molecule has 2 unspecified atom stereocenters. The van der Waals surface area contributed by atoms with Gasteiger partial charge in [-0.05, 0) is 30.4 Å². The van der Waals surface area contributed by atoms with Crippen LogP contribution in [0, 0.1) is 5.92 Å². The van der Waals surface area contributed by atoms with Gasteiger partial charge in [-0.25, -0.2) is 4.79 Å². The lowest BCUT2D eigenvalue weighted by molar-refractivity contribution is -0.152. The number of ether oxygens (including phenoxy) is 1. The van der Waals surface area contributed by atoms with Gasteiger partial charge in [0.1, 0.15) is 6.04 Å². The molecule has 2 rings (SSSR count). The van der Waals surface area contributed by atoms with E-state index in [0.717, 1.165) is 18.4 Å². The quantitative estimate of drug-likeness (QED) is 0.545. The Balaban J connectivity index is 2.14. The van der Waals surface area contributed by atoms with Crippen molar-refractivity contribution >= 4 is 29.7 Å². The average molecular weight is 362 g/mol. The summed E-state index contributed by atoms with van der Waals surface area (Å²) in [4.78, 5) is 26.9. The van der Waals surface area contributed by atoms with Gasteiger partial charge in [-0.3, -0.25) is 4.79 Å². The van der Waals surface area contributed by atoms with Crippen molar-refractivity contribution < 1.29 is 14.3 Å². The zero-order chi connectivity index (χ0) is 18.2. The summed E-state index contributed by atoms with van der Waals surface area (Å²) in [6.45, 7) is 6.62. The van der Waals surface area contributed by atoms with E-state index in [0.29, 0.717) is 18.3 Å². The van der Waals surface area contributed by atoms with Crippen molar-refractivity contribution in [1.29, 1.82) is 0 Å². The maximum atomic E-state index is 12.8. The van der Waals surface area contributed by atoms with Crippen LogP contribution in [-0.4, -0.2) is 40.6 Å².